The van der Waals surface area contributed by atoms with Crippen LogP contribution >= 0.6 is 11.6 Å². The SMILES string of the molecule is Cc1ccc(Cn2nc(/C=C/C(=O)O)c3ccc(C(F)(F)F)cc32)c(Cl)c1. The van der Waals surface area contributed by atoms with E-state index in [0.29, 0.717) is 16.0 Å². The van der Waals surface area contributed by atoms with Gasteiger partial charge in [-0.05, 0) is 48.4 Å². The van der Waals surface area contributed by atoms with Gasteiger partial charge in [-0.2, -0.15) is 18.3 Å². The zero-order valence-corrected chi connectivity index (χ0v) is 14.8. The van der Waals surface area contributed by atoms with Crippen LogP contribution in [0.2, 0.25) is 5.02 Å². The lowest BCUT2D eigenvalue weighted by Crippen LogP contribution is -2.06. The van der Waals surface area contributed by atoms with Gasteiger partial charge in [0.25, 0.3) is 0 Å². The van der Waals surface area contributed by atoms with Crippen LogP contribution in [0.3, 0.4) is 0 Å². The summed E-state index contributed by atoms with van der Waals surface area (Å²) in [6.45, 7) is 2.03. The van der Waals surface area contributed by atoms with E-state index >= 15 is 0 Å². The van der Waals surface area contributed by atoms with Gasteiger partial charge in [-0.15, -0.1) is 0 Å². The smallest absolute Gasteiger partial charge is 0.416 e. The molecule has 0 aliphatic carbocycles. The van der Waals surface area contributed by atoms with Crippen molar-refractivity contribution in [3.63, 3.8) is 0 Å². The second kappa shape index (κ2) is 7.08. The predicted octanol–water partition coefficient (Wildman–Crippen LogP) is 5.16. The van der Waals surface area contributed by atoms with Crippen LogP contribution in [0, 0.1) is 6.92 Å². The number of carbonyl (C=O) groups is 1. The molecule has 0 bridgehead atoms. The molecule has 0 saturated carbocycles. The van der Waals surface area contributed by atoms with Gasteiger partial charge in [-0.25, -0.2) is 4.79 Å². The Morgan fingerprint density at radius 1 is 1.26 bits per heavy atom. The fraction of sp³-hybridized carbons (Fsp3) is 0.158. The Labute approximate surface area is 157 Å². The molecule has 1 heterocycles. The first-order chi connectivity index (χ1) is 12.6. The highest BCUT2D eigenvalue weighted by atomic mass is 35.5. The Kier molecular flexibility index (Phi) is 4.97. The van der Waals surface area contributed by atoms with Crippen LogP contribution in [0.1, 0.15) is 22.4 Å². The third-order valence-corrected chi connectivity index (χ3v) is 4.37. The molecule has 4 nitrogen and oxygen atoms in total. The van der Waals surface area contributed by atoms with Crippen molar-refractivity contribution < 1.29 is 23.1 Å². The highest BCUT2D eigenvalue weighted by molar-refractivity contribution is 6.31. The second-order valence-corrected chi connectivity index (χ2v) is 6.45. The average Bonchev–Trinajstić information content (AvgIpc) is 2.92. The number of benzene rings is 2. The highest BCUT2D eigenvalue weighted by Gasteiger charge is 2.31. The third kappa shape index (κ3) is 4.14. The molecule has 2 aromatic carbocycles. The summed E-state index contributed by atoms with van der Waals surface area (Å²) in [6.07, 6.45) is -2.35. The number of aliphatic carboxylic acids is 1. The monoisotopic (exact) mass is 394 g/mol. The van der Waals surface area contributed by atoms with E-state index in [2.05, 4.69) is 5.10 Å². The molecule has 0 spiro atoms. The molecule has 0 saturated heterocycles. The molecule has 0 fully saturated rings. The van der Waals surface area contributed by atoms with Crippen molar-refractivity contribution in [3.8, 4) is 0 Å². The largest absolute Gasteiger partial charge is 0.478 e. The fourth-order valence-electron chi connectivity index (χ4n) is 2.71. The zero-order valence-electron chi connectivity index (χ0n) is 14.1. The standard InChI is InChI=1S/C19H14ClF3N2O2/c1-11-2-3-12(15(20)8-11)10-25-17-9-13(19(21,22)23)4-5-14(17)16(24-25)6-7-18(26)27/h2-9H,10H2,1H3,(H,26,27)/b7-6+. The van der Waals surface area contributed by atoms with Gasteiger partial charge >= 0.3 is 12.1 Å². The van der Waals surface area contributed by atoms with Gasteiger partial charge in [0.1, 0.15) is 0 Å². The number of fused-ring (bicyclic) bond motifs is 1. The number of carboxylic acids is 1. The maximum absolute atomic E-state index is 13.1. The normalized spacial score (nSPS) is 12.2. The van der Waals surface area contributed by atoms with E-state index in [9.17, 15) is 18.0 Å². The first kappa shape index (κ1) is 19.0. The van der Waals surface area contributed by atoms with Gasteiger partial charge < -0.3 is 5.11 Å². The van der Waals surface area contributed by atoms with Gasteiger partial charge in [-0.3, -0.25) is 4.68 Å². The summed E-state index contributed by atoms with van der Waals surface area (Å²) in [5.41, 5.74) is 1.35. The number of alkyl halides is 3. The summed E-state index contributed by atoms with van der Waals surface area (Å²) in [4.78, 5) is 10.8. The summed E-state index contributed by atoms with van der Waals surface area (Å²) in [6, 6.07) is 8.63. The molecular formula is C19H14ClF3N2O2. The Balaban J connectivity index is 2.15. The van der Waals surface area contributed by atoms with E-state index < -0.39 is 17.7 Å². The molecule has 0 atom stereocenters. The maximum Gasteiger partial charge on any atom is 0.416 e. The molecule has 27 heavy (non-hydrogen) atoms. The summed E-state index contributed by atoms with van der Waals surface area (Å²) < 4.78 is 40.7. The van der Waals surface area contributed by atoms with Crippen molar-refractivity contribution in [1.82, 2.24) is 9.78 Å². The second-order valence-electron chi connectivity index (χ2n) is 6.04. The predicted molar refractivity (Wildman–Crippen MR) is 96.7 cm³/mol. The van der Waals surface area contributed by atoms with Crippen LogP contribution in [-0.2, 0) is 17.5 Å². The van der Waals surface area contributed by atoms with E-state index in [-0.39, 0.29) is 17.8 Å². The van der Waals surface area contributed by atoms with Gasteiger partial charge in [0, 0.05) is 16.5 Å². The van der Waals surface area contributed by atoms with Crippen molar-refractivity contribution in [2.75, 3.05) is 0 Å². The van der Waals surface area contributed by atoms with Crippen LogP contribution in [0.25, 0.3) is 17.0 Å². The Morgan fingerprint density at radius 2 is 2.00 bits per heavy atom. The summed E-state index contributed by atoms with van der Waals surface area (Å²) >= 11 is 6.23. The molecule has 0 amide bonds. The first-order valence-corrected chi connectivity index (χ1v) is 8.27. The number of rotatable bonds is 4. The molecule has 3 aromatic rings. The van der Waals surface area contributed by atoms with E-state index in [0.717, 1.165) is 23.8 Å². The number of aryl methyl sites for hydroxylation is 1. The minimum atomic E-state index is -4.50. The van der Waals surface area contributed by atoms with Gasteiger partial charge in [-0.1, -0.05) is 23.7 Å². The van der Waals surface area contributed by atoms with Gasteiger partial charge in [0.2, 0.25) is 0 Å². The maximum atomic E-state index is 13.1. The van der Waals surface area contributed by atoms with Crippen LogP contribution in [0.15, 0.2) is 42.5 Å². The molecule has 8 heteroatoms. The number of hydrogen-bond acceptors (Lipinski definition) is 2. The fourth-order valence-corrected chi connectivity index (χ4v) is 3.01. The molecule has 3 rings (SSSR count). The highest BCUT2D eigenvalue weighted by Crippen LogP contribution is 2.33. The first-order valence-electron chi connectivity index (χ1n) is 7.89. The summed E-state index contributed by atoms with van der Waals surface area (Å²) in [7, 11) is 0. The van der Waals surface area contributed by atoms with Gasteiger partial charge in [0.15, 0.2) is 0 Å². The van der Waals surface area contributed by atoms with Crippen LogP contribution in [0.4, 0.5) is 13.2 Å². The molecule has 140 valence electrons. The molecule has 0 radical (unpaired) electrons. The van der Waals surface area contributed by atoms with E-state index in [1.165, 1.54) is 16.8 Å². The van der Waals surface area contributed by atoms with Crippen molar-refractivity contribution in [2.24, 2.45) is 0 Å². The van der Waals surface area contributed by atoms with E-state index in [4.69, 9.17) is 16.7 Å². The molecule has 0 unspecified atom stereocenters. The van der Waals surface area contributed by atoms with Crippen molar-refractivity contribution >= 4 is 34.5 Å². The van der Waals surface area contributed by atoms with Crippen LogP contribution in [0.5, 0.6) is 0 Å². The van der Waals surface area contributed by atoms with Crippen molar-refractivity contribution in [1.29, 1.82) is 0 Å². The minimum absolute atomic E-state index is 0.151. The van der Waals surface area contributed by atoms with E-state index in [1.807, 2.05) is 13.0 Å². The van der Waals surface area contributed by atoms with E-state index in [1.54, 1.807) is 12.1 Å². The Hall–Kier alpha value is -2.80. The number of halogens is 4. The number of hydrogen-bond donors (Lipinski definition) is 1. The van der Waals surface area contributed by atoms with Crippen LogP contribution < -0.4 is 0 Å². The number of carboxylic acid groups (broad SMARTS) is 1. The zero-order chi connectivity index (χ0) is 19.8. The summed E-state index contributed by atoms with van der Waals surface area (Å²) in [5, 5.41) is 14.0. The molecular weight excluding hydrogens is 381 g/mol. The van der Waals surface area contributed by atoms with Crippen molar-refractivity contribution in [3.05, 3.63) is 69.9 Å². The lowest BCUT2D eigenvalue weighted by Gasteiger charge is -2.09. The molecule has 1 N–H and O–H groups in total. The minimum Gasteiger partial charge on any atom is -0.478 e. The molecule has 1 aromatic heterocycles. The van der Waals surface area contributed by atoms with Gasteiger partial charge in [0.05, 0.1) is 23.3 Å². The summed E-state index contributed by atoms with van der Waals surface area (Å²) in [5.74, 6) is -1.17. The van der Waals surface area contributed by atoms with Crippen molar-refractivity contribution in [2.45, 2.75) is 19.6 Å². The number of aromatic nitrogens is 2. The molecule has 0 aliphatic heterocycles. The lowest BCUT2D eigenvalue weighted by atomic mass is 10.1. The van der Waals surface area contributed by atoms with Crippen LogP contribution in [-0.4, -0.2) is 20.9 Å². The average molecular weight is 395 g/mol. The number of nitrogens with zero attached hydrogens (tertiary/aromatic N) is 2. The Bertz CT molecular complexity index is 1060. The quantitative estimate of drug-likeness (QED) is 0.621. The topological polar surface area (TPSA) is 55.1 Å². The molecule has 0 aliphatic rings. The Morgan fingerprint density at radius 3 is 2.63 bits per heavy atom. The lowest BCUT2D eigenvalue weighted by molar-refractivity contribution is -0.137. The third-order valence-electron chi connectivity index (χ3n) is 4.02.